The van der Waals surface area contributed by atoms with E-state index in [1.807, 2.05) is 0 Å². The Kier molecular flexibility index (Phi) is 4.58. The molecule has 2 aliphatic carbocycles. The smallest absolute Gasteiger partial charge is 0.0447 e. The SMILES string of the molecule is CCN1C=C2CCCC(=Cc3ccc(N(C)C)cc3)C2=C2CC=CC=C21. The summed E-state index contributed by atoms with van der Waals surface area (Å²) >= 11 is 0. The zero-order valence-electron chi connectivity index (χ0n) is 16.1. The van der Waals surface area contributed by atoms with E-state index < -0.39 is 0 Å². The predicted octanol–water partition coefficient (Wildman–Crippen LogP) is 5.68. The third-order valence-electron chi connectivity index (χ3n) is 5.57. The molecule has 1 aliphatic heterocycles. The van der Waals surface area contributed by atoms with E-state index in [4.69, 9.17) is 0 Å². The lowest BCUT2D eigenvalue weighted by Gasteiger charge is -2.37. The molecule has 1 heterocycles. The zero-order valence-corrected chi connectivity index (χ0v) is 16.1. The van der Waals surface area contributed by atoms with Crippen molar-refractivity contribution in [2.24, 2.45) is 0 Å². The summed E-state index contributed by atoms with van der Waals surface area (Å²) < 4.78 is 0. The van der Waals surface area contributed by atoms with Crippen LogP contribution in [0.1, 0.15) is 38.2 Å². The van der Waals surface area contributed by atoms with Crippen LogP contribution in [-0.2, 0) is 0 Å². The molecule has 0 unspecified atom stereocenters. The average Bonchev–Trinajstić information content (AvgIpc) is 2.67. The van der Waals surface area contributed by atoms with Crippen molar-refractivity contribution < 1.29 is 0 Å². The summed E-state index contributed by atoms with van der Waals surface area (Å²) in [5.74, 6) is 0. The van der Waals surface area contributed by atoms with E-state index in [2.05, 4.69) is 85.6 Å². The highest BCUT2D eigenvalue weighted by atomic mass is 15.1. The lowest BCUT2D eigenvalue weighted by molar-refractivity contribution is 0.478. The predicted molar refractivity (Wildman–Crippen MR) is 112 cm³/mol. The highest BCUT2D eigenvalue weighted by Gasteiger charge is 2.28. The Morgan fingerprint density at radius 3 is 2.65 bits per heavy atom. The summed E-state index contributed by atoms with van der Waals surface area (Å²) in [6.45, 7) is 3.27. The second kappa shape index (κ2) is 7.03. The maximum absolute atomic E-state index is 2.42. The molecule has 1 aromatic rings. The second-order valence-electron chi connectivity index (χ2n) is 7.49. The van der Waals surface area contributed by atoms with Crippen LogP contribution < -0.4 is 4.90 Å². The standard InChI is InChI=1S/C24H28N2/c1-4-26-17-20-9-7-8-19(24(20)22-10-5-6-11-23(22)26)16-18-12-14-21(15-13-18)25(2)3/h5-6,11-17H,4,7-10H2,1-3H3. The molecule has 0 bridgehead atoms. The van der Waals surface area contributed by atoms with E-state index >= 15 is 0 Å². The number of likely N-dealkylation sites (N-methyl/N-ethyl adjacent to an activating group) is 1. The third kappa shape index (κ3) is 3.05. The molecule has 0 N–H and O–H groups in total. The Morgan fingerprint density at radius 2 is 1.92 bits per heavy atom. The zero-order chi connectivity index (χ0) is 18.1. The number of benzene rings is 1. The topological polar surface area (TPSA) is 6.48 Å². The monoisotopic (exact) mass is 344 g/mol. The molecule has 1 saturated carbocycles. The van der Waals surface area contributed by atoms with Gasteiger partial charge in [0.15, 0.2) is 0 Å². The van der Waals surface area contributed by atoms with Gasteiger partial charge in [0.1, 0.15) is 0 Å². The Labute approximate surface area is 157 Å². The quantitative estimate of drug-likeness (QED) is 0.696. The van der Waals surface area contributed by atoms with Crippen molar-refractivity contribution in [3.63, 3.8) is 0 Å². The van der Waals surface area contributed by atoms with Crippen molar-refractivity contribution in [2.45, 2.75) is 32.6 Å². The summed E-state index contributed by atoms with van der Waals surface area (Å²) in [5, 5.41) is 0. The van der Waals surface area contributed by atoms with Gasteiger partial charge >= 0.3 is 0 Å². The summed E-state index contributed by atoms with van der Waals surface area (Å²) in [4.78, 5) is 4.57. The van der Waals surface area contributed by atoms with Crippen molar-refractivity contribution in [3.05, 3.63) is 82.2 Å². The van der Waals surface area contributed by atoms with E-state index in [1.54, 1.807) is 0 Å². The van der Waals surface area contributed by atoms with Crippen LogP contribution in [0.2, 0.25) is 0 Å². The van der Waals surface area contributed by atoms with E-state index in [0.29, 0.717) is 0 Å². The van der Waals surface area contributed by atoms with Crippen molar-refractivity contribution in [2.75, 3.05) is 25.5 Å². The Morgan fingerprint density at radius 1 is 1.12 bits per heavy atom. The number of allylic oxidation sites excluding steroid dienone is 7. The molecule has 3 aliphatic rings. The molecule has 1 fully saturated rings. The normalized spacial score (nSPS) is 20.6. The maximum atomic E-state index is 2.42. The highest BCUT2D eigenvalue weighted by Crippen LogP contribution is 2.44. The molecule has 0 amide bonds. The number of anilines is 1. The van der Waals surface area contributed by atoms with Crippen LogP contribution in [0, 0.1) is 0 Å². The minimum absolute atomic E-state index is 1.03. The van der Waals surface area contributed by atoms with Gasteiger partial charge in [-0.1, -0.05) is 30.4 Å². The Bertz CT molecular complexity index is 845. The van der Waals surface area contributed by atoms with Crippen LogP contribution in [0.25, 0.3) is 6.08 Å². The fraction of sp³-hybridized carbons (Fsp3) is 0.333. The summed E-state index contributed by atoms with van der Waals surface area (Å²) in [6.07, 6.45) is 16.2. The number of fused-ring (bicyclic) bond motifs is 2. The first-order valence-electron chi connectivity index (χ1n) is 9.73. The number of rotatable bonds is 3. The molecule has 0 aromatic heterocycles. The number of hydrogen-bond acceptors (Lipinski definition) is 2. The van der Waals surface area contributed by atoms with Gasteiger partial charge in [0.25, 0.3) is 0 Å². The third-order valence-corrected chi connectivity index (χ3v) is 5.57. The lowest BCUT2D eigenvalue weighted by atomic mass is 9.78. The van der Waals surface area contributed by atoms with Gasteiger partial charge in [-0.15, -0.1) is 0 Å². The molecule has 26 heavy (non-hydrogen) atoms. The first-order chi connectivity index (χ1) is 12.7. The molecule has 1 aromatic carbocycles. The van der Waals surface area contributed by atoms with E-state index in [1.165, 1.54) is 58.5 Å². The van der Waals surface area contributed by atoms with Crippen LogP contribution >= 0.6 is 0 Å². The molecule has 0 saturated heterocycles. The summed E-state index contributed by atoms with van der Waals surface area (Å²) in [6, 6.07) is 8.89. The molecule has 0 radical (unpaired) electrons. The molecule has 2 heteroatoms. The molecule has 0 spiro atoms. The van der Waals surface area contributed by atoms with Gasteiger partial charge in [0.2, 0.25) is 0 Å². The fourth-order valence-corrected chi connectivity index (χ4v) is 4.23. The fourth-order valence-electron chi connectivity index (χ4n) is 4.23. The van der Waals surface area contributed by atoms with Gasteiger partial charge in [0, 0.05) is 38.2 Å². The molecular weight excluding hydrogens is 316 g/mol. The molecular formula is C24H28N2. The van der Waals surface area contributed by atoms with Gasteiger partial charge in [-0.2, -0.15) is 0 Å². The number of nitrogens with zero attached hydrogens (tertiary/aromatic N) is 2. The molecule has 2 nitrogen and oxygen atoms in total. The van der Waals surface area contributed by atoms with Gasteiger partial charge < -0.3 is 9.80 Å². The van der Waals surface area contributed by atoms with Gasteiger partial charge in [0.05, 0.1) is 0 Å². The first kappa shape index (κ1) is 17.0. The Hall–Kier alpha value is -2.48. The second-order valence-corrected chi connectivity index (χ2v) is 7.49. The van der Waals surface area contributed by atoms with E-state index in [9.17, 15) is 0 Å². The van der Waals surface area contributed by atoms with Crippen molar-refractivity contribution in [1.82, 2.24) is 4.90 Å². The van der Waals surface area contributed by atoms with Crippen LogP contribution in [0.4, 0.5) is 5.69 Å². The van der Waals surface area contributed by atoms with Crippen LogP contribution in [0.3, 0.4) is 0 Å². The van der Waals surface area contributed by atoms with Gasteiger partial charge in [-0.05, 0) is 78.7 Å². The van der Waals surface area contributed by atoms with E-state index in [-0.39, 0.29) is 0 Å². The summed E-state index contributed by atoms with van der Waals surface area (Å²) in [7, 11) is 4.17. The largest absolute Gasteiger partial charge is 0.378 e. The minimum Gasteiger partial charge on any atom is -0.378 e. The minimum atomic E-state index is 1.03. The van der Waals surface area contributed by atoms with Crippen molar-refractivity contribution in [3.8, 4) is 0 Å². The highest BCUT2D eigenvalue weighted by molar-refractivity contribution is 5.69. The first-order valence-corrected chi connectivity index (χ1v) is 9.73. The average molecular weight is 345 g/mol. The van der Waals surface area contributed by atoms with Crippen molar-refractivity contribution in [1.29, 1.82) is 0 Å². The van der Waals surface area contributed by atoms with Gasteiger partial charge in [-0.3, -0.25) is 0 Å². The van der Waals surface area contributed by atoms with Gasteiger partial charge in [-0.25, -0.2) is 0 Å². The molecule has 134 valence electrons. The van der Waals surface area contributed by atoms with Crippen LogP contribution in [-0.4, -0.2) is 25.5 Å². The van der Waals surface area contributed by atoms with Crippen molar-refractivity contribution >= 4 is 11.8 Å². The molecule has 4 rings (SSSR count). The Balaban J connectivity index is 1.75. The maximum Gasteiger partial charge on any atom is 0.0447 e. The van der Waals surface area contributed by atoms with E-state index in [0.717, 1.165) is 13.0 Å². The lowest BCUT2D eigenvalue weighted by Crippen LogP contribution is -2.26. The molecule has 0 atom stereocenters. The number of hydrogen-bond donors (Lipinski definition) is 0. The van der Waals surface area contributed by atoms with Crippen LogP contribution in [0.15, 0.2) is 76.7 Å². The van der Waals surface area contributed by atoms with Crippen LogP contribution in [0.5, 0.6) is 0 Å². The summed E-state index contributed by atoms with van der Waals surface area (Å²) in [5.41, 5.74) is 10.0.